The largest absolute Gasteiger partial charge is 0.543 e. The molecule has 0 heterocycles. The molecule has 3 nitrogen and oxygen atoms in total. The summed E-state index contributed by atoms with van der Waals surface area (Å²) in [6.45, 7) is 16.0. The van der Waals surface area contributed by atoms with Crippen LogP contribution in [0.4, 0.5) is 0 Å². The van der Waals surface area contributed by atoms with E-state index in [4.69, 9.17) is 20.8 Å². The molecule has 0 radical (unpaired) electrons. The van der Waals surface area contributed by atoms with Crippen LogP contribution in [0.5, 0.6) is 11.5 Å². The zero-order valence-corrected chi connectivity index (χ0v) is 24.4. The molecule has 0 bridgehead atoms. The van der Waals surface area contributed by atoms with Crippen LogP contribution in [0.25, 0.3) is 0 Å². The van der Waals surface area contributed by atoms with Crippen molar-refractivity contribution in [1.82, 2.24) is 0 Å². The first-order chi connectivity index (χ1) is 16.8. The maximum atomic E-state index is 12.0. The predicted molar refractivity (Wildman–Crippen MR) is 152 cm³/mol. The molecule has 3 aromatic rings. The molecule has 0 saturated heterocycles. The van der Waals surface area contributed by atoms with E-state index in [0.717, 1.165) is 45.7 Å². The summed E-state index contributed by atoms with van der Waals surface area (Å²) in [5, 5.41) is 12.7. The average Bonchev–Trinajstić information content (AvgIpc) is 3.15. The minimum absolute atomic E-state index is 0.0940. The van der Waals surface area contributed by atoms with E-state index in [-0.39, 0.29) is 11.0 Å². The summed E-state index contributed by atoms with van der Waals surface area (Å²) in [6, 6.07) is 20.2. The van der Waals surface area contributed by atoms with Gasteiger partial charge in [0.05, 0.1) is 5.02 Å². The van der Waals surface area contributed by atoms with Gasteiger partial charge in [-0.15, -0.1) is 0 Å². The second-order valence-electron chi connectivity index (χ2n) is 11.8. The highest BCUT2D eigenvalue weighted by molar-refractivity contribution is 6.74. The molecule has 3 aromatic carbocycles. The fraction of sp³-hybridized carbons (Fsp3) is 0.419. The van der Waals surface area contributed by atoms with Crippen LogP contribution >= 0.6 is 11.6 Å². The van der Waals surface area contributed by atoms with Crippen molar-refractivity contribution in [2.24, 2.45) is 0 Å². The van der Waals surface area contributed by atoms with E-state index in [1.165, 1.54) is 0 Å². The zero-order valence-electron chi connectivity index (χ0n) is 22.6. The molecule has 4 rings (SSSR count). The van der Waals surface area contributed by atoms with Gasteiger partial charge in [0.2, 0.25) is 8.32 Å². The van der Waals surface area contributed by atoms with Crippen LogP contribution in [0.2, 0.25) is 23.2 Å². The molecule has 0 amide bonds. The van der Waals surface area contributed by atoms with Gasteiger partial charge in [-0.1, -0.05) is 82.6 Å². The minimum Gasteiger partial charge on any atom is -0.543 e. The molecular weight excluding hydrogens is 484 g/mol. The summed E-state index contributed by atoms with van der Waals surface area (Å²) in [5.41, 5.74) is 3.80. The van der Waals surface area contributed by atoms with Crippen LogP contribution in [0, 0.1) is 0 Å². The average molecular weight is 523 g/mol. The van der Waals surface area contributed by atoms with Gasteiger partial charge in [-0.05, 0) is 83.4 Å². The number of benzene rings is 3. The van der Waals surface area contributed by atoms with Crippen molar-refractivity contribution in [2.45, 2.75) is 83.7 Å². The quantitative estimate of drug-likeness (QED) is 0.315. The molecule has 5 heteroatoms. The van der Waals surface area contributed by atoms with E-state index in [1.54, 1.807) is 0 Å². The van der Waals surface area contributed by atoms with Gasteiger partial charge in [-0.25, -0.2) is 0 Å². The molecule has 1 atom stereocenters. The van der Waals surface area contributed by atoms with E-state index in [1.807, 2.05) is 36.4 Å². The summed E-state index contributed by atoms with van der Waals surface area (Å²) in [5.74, 6) is 1.90. The fourth-order valence-electron chi connectivity index (χ4n) is 4.66. The molecule has 1 unspecified atom stereocenters. The Bertz CT molecular complexity index is 1230. The van der Waals surface area contributed by atoms with Gasteiger partial charge in [0, 0.05) is 5.56 Å². The lowest BCUT2D eigenvalue weighted by Gasteiger charge is -2.36. The van der Waals surface area contributed by atoms with Crippen molar-refractivity contribution in [2.75, 3.05) is 0 Å². The second-order valence-corrected chi connectivity index (χ2v) is 17.0. The number of aliphatic hydroxyl groups is 1. The normalized spacial score (nSPS) is 17.8. The molecule has 1 aliphatic rings. The number of hydrogen-bond acceptors (Lipinski definition) is 3. The number of rotatable bonds is 7. The highest BCUT2D eigenvalue weighted by Crippen LogP contribution is 2.49. The molecule has 0 aliphatic heterocycles. The van der Waals surface area contributed by atoms with Gasteiger partial charge in [0.25, 0.3) is 0 Å². The Hall–Kier alpha value is -2.27. The fourth-order valence-corrected chi connectivity index (χ4v) is 6.05. The standard InChI is InChI=1S/C31H39ClO3Si/c1-21(2)26-18-24(13-14-28(26)34-20-22-11-9-8-10-12-22)31(33)16-15-23-17-25(19-27(32)29(23)31)35-36(6,7)30(3,4)5/h8-14,17-19,21,33H,15-16,20H2,1-7H3. The van der Waals surface area contributed by atoms with Crippen molar-refractivity contribution in [3.05, 3.63) is 93.5 Å². The summed E-state index contributed by atoms with van der Waals surface area (Å²) in [4.78, 5) is 0. The third-order valence-electron chi connectivity index (χ3n) is 7.84. The van der Waals surface area contributed by atoms with Crippen LogP contribution in [0.1, 0.15) is 74.8 Å². The molecule has 36 heavy (non-hydrogen) atoms. The van der Waals surface area contributed by atoms with Gasteiger partial charge in [0.15, 0.2) is 0 Å². The first-order valence-corrected chi connectivity index (χ1v) is 16.2. The Morgan fingerprint density at radius 2 is 1.72 bits per heavy atom. The lowest BCUT2D eigenvalue weighted by molar-refractivity contribution is 0.0828. The summed E-state index contributed by atoms with van der Waals surface area (Å²) >= 11 is 6.85. The van der Waals surface area contributed by atoms with Crippen LogP contribution < -0.4 is 9.16 Å². The Balaban J connectivity index is 1.65. The third kappa shape index (κ3) is 5.22. The number of hydrogen-bond donors (Lipinski definition) is 1. The van der Waals surface area contributed by atoms with Gasteiger partial charge in [-0.3, -0.25) is 0 Å². The lowest BCUT2D eigenvalue weighted by Crippen LogP contribution is -2.43. The summed E-state index contributed by atoms with van der Waals surface area (Å²) in [6.07, 6.45) is 1.34. The number of ether oxygens (including phenoxy) is 1. The van der Waals surface area contributed by atoms with Gasteiger partial charge in [-0.2, -0.15) is 0 Å². The Morgan fingerprint density at radius 1 is 1.03 bits per heavy atom. The minimum atomic E-state index is -1.99. The summed E-state index contributed by atoms with van der Waals surface area (Å²) < 4.78 is 12.7. The third-order valence-corrected chi connectivity index (χ3v) is 12.5. The topological polar surface area (TPSA) is 38.7 Å². The van der Waals surface area contributed by atoms with Gasteiger partial charge < -0.3 is 14.3 Å². The van der Waals surface area contributed by atoms with E-state index in [2.05, 4.69) is 72.0 Å². The van der Waals surface area contributed by atoms with E-state index in [0.29, 0.717) is 18.1 Å². The molecule has 0 spiro atoms. The number of fused-ring (bicyclic) bond motifs is 1. The molecule has 0 aromatic heterocycles. The highest BCUT2D eigenvalue weighted by atomic mass is 35.5. The molecular formula is C31H39ClO3Si. The molecule has 1 aliphatic carbocycles. The molecule has 0 saturated carbocycles. The molecule has 192 valence electrons. The van der Waals surface area contributed by atoms with Crippen molar-refractivity contribution in [3.8, 4) is 11.5 Å². The smallest absolute Gasteiger partial charge is 0.250 e. The Kier molecular flexibility index (Phi) is 7.35. The lowest BCUT2D eigenvalue weighted by atomic mass is 9.85. The maximum absolute atomic E-state index is 12.0. The van der Waals surface area contributed by atoms with Crippen molar-refractivity contribution < 1.29 is 14.3 Å². The monoisotopic (exact) mass is 522 g/mol. The van der Waals surface area contributed by atoms with Crippen molar-refractivity contribution in [1.29, 1.82) is 0 Å². The van der Waals surface area contributed by atoms with Gasteiger partial charge in [0.1, 0.15) is 23.7 Å². The highest BCUT2D eigenvalue weighted by Gasteiger charge is 2.43. The van der Waals surface area contributed by atoms with E-state index in [9.17, 15) is 5.11 Å². The van der Waals surface area contributed by atoms with E-state index >= 15 is 0 Å². The van der Waals surface area contributed by atoms with Gasteiger partial charge >= 0.3 is 0 Å². The van der Waals surface area contributed by atoms with Crippen molar-refractivity contribution >= 4 is 19.9 Å². The Morgan fingerprint density at radius 3 is 2.36 bits per heavy atom. The van der Waals surface area contributed by atoms with Crippen LogP contribution in [-0.4, -0.2) is 13.4 Å². The van der Waals surface area contributed by atoms with Crippen LogP contribution in [0.15, 0.2) is 60.7 Å². The van der Waals surface area contributed by atoms with Crippen LogP contribution in [-0.2, 0) is 18.6 Å². The van der Waals surface area contributed by atoms with E-state index < -0.39 is 13.9 Å². The predicted octanol–water partition coefficient (Wildman–Crippen LogP) is 8.61. The molecule has 1 N–H and O–H groups in total. The van der Waals surface area contributed by atoms with Crippen molar-refractivity contribution in [3.63, 3.8) is 0 Å². The number of halogens is 1. The maximum Gasteiger partial charge on any atom is 0.250 e. The first-order valence-electron chi connectivity index (χ1n) is 12.9. The Labute approximate surface area is 222 Å². The zero-order chi connectivity index (χ0) is 26.3. The second kappa shape index (κ2) is 9.89. The number of aryl methyl sites for hydroxylation is 1. The molecule has 0 fully saturated rings. The van der Waals surface area contributed by atoms with Crippen LogP contribution in [0.3, 0.4) is 0 Å². The first kappa shape index (κ1) is 26.8. The SMILES string of the molecule is CC(C)c1cc(C2(O)CCc3cc(O[Si](C)(C)C(C)(C)C)cc(Cl)c32)ccc1OCc1ccccc1. The summed E-state index contributed by atoms with van der Waals surface area (Å²) in [7, 11) is -1.99.